The van der Waals surface area contributed by atoms with Gasteiger partial charge in [0.15, 0.2) is 11.2 Å². The third-order valence-corrected chi connectivity index (χ3v) is 5.57. The predicted molar refractivity (Wildman–Crippen MR) is 114 cm³/mol. The van der Waals surface area contributed by atoms with E-state index in [0.717, 1.165) is 12.8 Å². The molecule has 5 rings (SSSR count). The number of imidazole rings is 1. The number of hydrogen-bond acceptors (Lipinski definition) is 4. The molecule has 1 aliphatic heterocycles. The SMILES string of the molecule is O=c1c2c(ncn2Cc2cccc(F)c2)n(-c2ccccc2)c(=O)n1C[C@@H]1CCCO1. The van der Waals surface area contributed by atoms with E-state index in [-0.39, 0.29) is 30.7 Å². The van der Waals surface area contributed by atoms with Crippen LogP contribution in [-0.2, 0) is 17.8 Å². The summed E-state index contributed by atoms with van der Waals surface area (Å²) in [5, 5.41) is 0. The maximum atomic E-state index is 13.7. The summed E-state index contributed by atoms with van der Waals surface area (Å²) in [5.41, 5.74) is 1.02. The van der Waals surface area contributed by atoms with Crippen molar-refractivity contribution < 1.29 is 9.13 Å². The Morgan fingerprint density at radius 3 is 2.68 bits per heavy atom. The lowest BCUT2D eigenvalue weighted by Crippen LogP contribution is -2.42. The molecule has 2 aromatic carbocycles. The smallest absolute Gasteiger partial charge is 0.337 e. The van der Waals surface area contributed by atoms with Crippen LogP contribution in [0.15, 0.2) is 70.5 Å². The molecule has 8 heteroatoms. The number of aromatic nitrogens is 4. The molecule has 0 radical (unpaired) electrons. The number of nitrogens with zero attached hydrogens (tertiary/aromatic N) is 4. The van der Waals surface area contributed by atoms with Gasteiger partial charge in [-0.2, -0.15) is 0 Å². The van der Waals surface area contributed by atoms with Crippen LogP contribution in [0.25, 0.3) is 16.9 Å². The number of benzene rings is 2. The Morgan fingerprint density at radius 1 is 1.10 bits per heavy atom. The van der Waals surface area contributed by atoms with Crippen LogP contribution in [-0.4, -0.2) is 31.4 Å². The van der Waals surface area contributed by atoms with Crippen molar-refractivity contribution >= 4 is 11.2 Å². The zero-order valence-corrected chi connectivity index (χ0v) is 16.8. The van der Waals surface area contributed by atoms with Crippen molar-refractivity contribution in [1.29, 1.82) is 0 Å². The molecule has 7 nitrogen and oxygen atoms in total. The molecule has 1 fully saturated rings. The number of fused-ring (bicyclic) bond motifs is 1. The van der Waals surface area contributed by atoms with Gasteiger partial charge in [0.1, 0.15) is 5.82 Å². The molecular weight excluding hydrogens is 399 g/mol. The highest BCUT2D eigenvalue weighted by atomic mass is 19.1. The zero-order chi connectivity index (χ0) is 21.4. The van der Waals surface area contributed by atoms with Gasteiger partial charge in [-0.05, 0) is 42.7 Å². The van der Waals surface area contributed by atoms with Crippen LogP contribution in [0, 0.1) is 5.82 Å². The first-order valence-corrected chi connectivity index (χ1v) is 10.2. The van der Waals surface area contributed by atoms with Crippen LogP contribution in [0.1, 0.15) is 18.4 Å². The third kappa shape index (κ3) is 3.59. The zero-order valence-electron chi connectivity index (χ0n) is 16.8. The van der Waals surface area contributed by atoms with E-state index in [1.165, 1.54) is 27.6 Å². The summed E-state index contributed by atoms with van der Waals surface area (Å²) < 4.78 is 23.7. The minimum absolute atomic E-state index is 0.174. The molecule has 1 atom stereocenters. The summed E-state index contributed by atoms with van der Waals surface area (Å²) in [4.78, 5) is 31.2. The van der Waals surface area contributed by atoms with E-state index in [1.807, 2.05) is 18.2 Å². The average Bonchev–Trinajstić information content (AvgIpc) is 3.42. The molecule has 0 N–H and O–H groups in total. The Kier molecular flexibility index (Phi) is 4.99. The molecule has 158 valence electrons. The molecular formula is C23H21FN4O3. The van der Waals surface area contributed by atoms with Crippen LogP contribution < -0.4 is 11.2 Å². The molecule has 1 saturated heterocycles. The van der Waals surface area contributed by atoms with E-state index in [4.69, 9.17) is 4.74 Å². The lowest BCUT2D eigenvalue weighted by Gasteiger charge is -2.15. The lowest BCUT2D eigenvalue weighted by molar-refractivity contribution is 0.0950. The van der Waals surface area contributed by atoms with Crippen molar-refractivity contribution in [3.8, 4) is 5.69 Å². The normalized spacial score (nSPS) is 16.2. The Bertz CT molecular complexity index is 1350. The summed E-state index contributed by atoms with van der Waals surface area (Å²) in [5.74, 6) is -0.348. The average molecular weight is 420 g/mol. The van der Waals surface area contributed by atoms with E-state index in [1.54, 1.807) is 28.8 Å². The Labute approximate surface area is 177 Å². The summed E-state index contributed by atoms with van der Waals surface area (Å²) in [6.07, 6.45) is 3.06. The molecule has 0 aliphatic carbocycles. The van der Waals surface area contributed by atoms with Gasteiger partial charge < -0.3 is 9.30 Å². The third-order valence-electron chi connectivity index (χ3n) is 5.57. The van der Waals surface area contributed by atoms with Crippen LogP contribution in [0.3, 0.4) is 0 Å². The molecule has 3 heterocycles. The largest absolute Gasteiger partial charge is 0.376 e. The highest BCUT2D eigenvalue weighted by Crippen LogP contribution is 2.17. The second-order valence-electron chi connectivity index (χ2n) is 7.68. The first kappa shape index (κ1) is 19.4. The fraction of sp³-hybridized carbons (Fsp3) is 0.261. The topological polar surface area (TPSA) is 71.0 Å². The van der Waals surface area contributed by atoms with Crippen molar-refractivity contribution in [2.24, 2.45) is 0 Å². The van der Waals surface area contributed by atoms with Gasteiger partial charge in [-0.1, -0.05) is 30.3 Å². The van der Waals surface area contributed by atoms with Crippen LogP contribution in [0.2, 0.25) is 0 Å². The van der Waals surface area contributed by atoms with Gasteiger partial charge in [-0.25, -0.2) is 18.7 Å². The van der Waals surface area contributed by atoms with Gasteiger partial charge in [0.25, 0.3) is 5.56 Å². The molecule has 0 saturated carbocycles. The highest BCUT2D eigenvalue weighted by molar-refractivity contribution is 5.72. The van der Waals surface area contributed by atoms with Gasteiger partial charge in [-0.3, -0.25) is 9.36 Å². The number of hydrogen-bond donors (Lipinski definition) is 0. The molecule has 0 unspecified atom stereocenters. The minimum Gasteiger partial charge on any atom is -0.376 e. The second-order valence-corrected chi connectivity index (χ2v) is 7.68. The van der Waals surface area contributed by atoms with Crippen molar-refractivity contribution in [2.75, 3.05) is 6.61 Å². The predicted octanol–water partition coefficient (Wildman–Crippen LogP) is 2.72. The molecule has 0 bridgehead atoms. The van der Waals surface area contributed by atoms with Gasteiger partial charge in [0.05, 0.1) is 24.7 Å². The quantitative estimate of drug-likeness (QED) is 0.498. The first-order valence-electron chi connectivity index (χ1n) is 10.2. The number of halogens is 1. The number of ether oxygens (including phenoxy) is 1. The first-order chi connectivity index (χ1) is 15.1. The van der Waals surface area contributed by atoms with E-state index in [9.17, 15) is 14.0 Å². The van der Waals surface area contributed by atoms with Gasteiger partial charge in [0, 0.05) is 13.2 Å². The van der Waals surface area contributed by atoms with Crippen LogP contribution >= 0.6 is 0 Å². The van der Waals surface area contributed by atoms with E-state index in [0.29, 0.717) is 23.4 Å². The van der Waals surface area contributed by atoms with Crippen LogP contribution in [0.5, 0.6) is 0 Å². The van der Waals surface area contributed by atoms with Gasteiger partial charge >= 0.3 is 5.69 Å². The Balaban J connectivity index is 1.72. The number of para-hydroxylation sites is 1. The second kappa shape index (κ2) is 7.96. The fourth-order valence-electron chi connectivity index (χ4n) is 4.09. The summed E-state index contributed by atoms with van der Waals surface area (Å²) in [6.45, 7) is 1.08. The van der Waals surface area contributed by atoms with Crippen molar-refractivity contribution in [3.63, 3.8) is 0 Å². The molecule has 2 aromatic heterocycles. The minimum atomic E-state index is -0.449. The fourth-order valence-corrected chi connectivity index (χ4v) is 4.09. The van der Waals surface area contributed by atoms with Gasteiger partial charge in [0.2, 0.25) is 0 Å². The Morgan fingerprint density at radius 2 is 1.94 bits per heavy atom. The summed E-state index contributed by atoms with van der Waals surface area (Å²) in [6, 6.07) is 15.3. The van der Waals surface area contributed by atoms with E-state index < -0.39 is 11.2 Å². The Hall–Kier alpha value is -3.52. The van der Waals surface area contributed by atoms with Crippen molar-refractivity contribution in [2.45, 2.75) is 32.0 Å². The lowest BCUT2D eigenvalue weighted by atomic mass is 10.2. The molecule has 31 heavy (non-hydrogen) atoms. The maximum absolute atomic E-state index is 13.7. The van der Waals surface area contributed by atoms with Gasteiger partial charge in [-0.15, -0.1) is 0 Å². The van der Waals surface area contributed by atoms with E-state index >= 15 is 0 Å². The number of rotatable bonds is 5. The summed E-state index contributed by atoms with van der Waals surface area (Å²) >= 11 is 0. The van der Waals surface area contributed by atoms with E-state index in [2.05, 4.69) is 4.98 Å². The monoisotopic (exact) mass is 420 g/mol. The molecule has 4 aromatic rings. The maximum Gasteiger partial charge on any atom is 0.337 e. The van der Waals surface area contributed by atoms with Crippen LogP contribution in [0.4, 0.5) is 4.39 Å². The van der Waals surface area contributed by atoms with Crippen molar-refractivity contribution in [3.05, 3.63) is 93.1 Å². The summed E-state index contributed by atoms with van der Waals surface area (Å²) in [7, 11) is 0. The molecule has 1 aliphatic rings. The molecule has 0 spiro atoms. The highest BCUT2D eigenvalue weighted by Gasteiger charge is 2.23. The standard InChI is InChI=1S/C23H21FN4O3/c24-17-7-4-6-16(12-17)13-26-15-25-21-20(26)22(29)27(14-19-10-5-11-31-19)23(30)28(21)18-8-2-1-3-9-18/h1-4,6-9,12,15,19H,5,10-11,13-14H2/t19-/m0/s1. The molecule has 0 amide bonds. The van der Waals surface area contributed by atoms with Crippen molar-refractivity contribution in [1.82, 2.24) is 18.7 Å².